The molecule has 5 rings (SSSR count). The Labute approximate surface area is 252 Å². The van der Waals surface area contributed by atoms with E-state index in [4.69, 9.17) is 32.8 Å². The number of hydrogen-bond donors (Lipinski definition) is 1. The lowest BCUT2D eigenvalue weighted by Gasteiger charge is -2.63. The van der Waals surface area contributed by atoms with Gasteiger partial charge in [-0.05, 0) is 43.0 Å². The van der Waals surface area contributed by atoms with Crippen LogP contribution in [-0.2, 0) is 9.53 Å². The first kappa shape index (κ1) is 30.3. The number of ketones is 1. The molecule has 0 bridgehead atoms. The number of halogens is 1. The number of ether oxygens (including phenoxy) is 2. The molecule has 9 nitrogen and oxygen atoms in total. The maximum Gasteiger partial charge on any atom is 0.329 e. The number of carboxylic acid groups (broad SMARTS) is 1. The molecule has 0 radical (unpaired) electrons. The standard InChI is InChI=1S/C32H39ClN4O5/c1-31(2)27(32(3,4)30(31)42-22-7-8-25(34-5)24(33)16-22)17-26(38)20-6-9-28(35-18-20)37-12-10-36(11-13-37)21-14-23(15-21)41-19-29(39)40/h6-9,16,18,21,23,27,30H,10-15,17,19H2,1-4H3,(H,39,40). The molecule has 0 atom stereocenters. The Morgan fingerprint density at radius 1 is 1.10 bits per heavy atom. The maximum atomic E-state index is 13.4. The minimum atomic E-state index is -0.922. The summed E-state index contributed by atoms with van der Waals surface area (Å²) < 4.78 is 11.8. The molecule has 2 aromatic rings. The molecule has 0 amide bonds. The molecule has 1 N–H and O–H groups in total. The molecule has 0 spiro atoms. The molecule has 224 valence electrons. The summed E-state index contributed by atoms with van der Waals surface area (Å²) in [6.45, 7) is 19.1. The van der Waals surface area contributed by atoms with Crippen LogP contribution in [0.25, 0.3) is 4.85 Å². The van der Waals surface area contributed by atoms with Gasteiger partial charge in [0, 0.05) is 61.2 Å². The molecule has 10 heteroatoms. The van der Waals surface area contributed by atoms with Crippen molar-refractivity contribution in [1.29, 1.82) is 0 Å². The second-order valence-corrected chi connectivity index (χ2v) is 13.3. The average Bonchev–Trinajstić information content (AvgIpc) is 2.93. The molecular weight excluding hydrogens is 556 g/mol. The first-order valence-electron chi connectivity index (χ1n) is 14.6. The number of pyridine rings is 1. The number of piperazine rings is 1. The molecule has 0 unspecified atom stereocenters. The van der Waals surface area contributed by atoms with E-state index in [1.807, 2.05) is 12.1 Å². The Balaban J connectivity index is 1.12. The summed E-state index contributed by atoms with van der Waals surface area (Å²) in [6.07, 6.45) is 3.82. The van der Waals surface area contributed by atoms with Crippen LogP contribution >= 0.6 is 11.6 Å². The number of Topliss-reactive ketones (excluding diaryl/α,β-unsaturated/α-hetero) is 1. The van der Waals surface area contributed by atoms with Crippen LogP contribution in [0.1, 0.15) is 57.3 Å². The highest BCUT2D eigenvalue weighted by molar-refractivity contribution is 6.33. The first-order chi connectivity index (χ1) is 19.9. The van der Waals surface area contributed by atoms with Crippen molar-refractivity contribution < 1.29 is 24.2 Å². The second kappa shape index (κ2) is 11.8. The van der Waals surface area contributed by atoms with Crippen molar-refractivity contribution in [2.75, 3.05) is 37.7 Å². The number of aromatic nitrogens is 1. The van der Waals surface area contributed by atoms with Gasteiger partial charge >= 0.3 is 5.97 Å². The minimum Gasteiger partial charge on any atom is -0.489 e. The number of carbonyl (C=O) groups is 2. The van der Waals surface area contributed by atoms with Gasteiger partial charge < -0.3 is 19.5 Å². The van der Waals surface area contributed by atoms with Crippen molar-refractivity contribution in [3.63, 3.8) is 0 Å². The Morgan fingerprint density at radius 3 is 2.36 bits per heavy atom. The zero-order valence-corrected chi connectivity index (χ0v) is 25.4. The van der Waals surface area contributed by atoms with E-state index < -0.39 is 5.97 Å². The number of nitrogens with zero attached hydrogens (tertiary/aromatic N) is 4. The molecule has 1 aromatic heterocycles. The normalized spacial score (nSPS) is 26.4. The van der Waals surface area contributed by atoms with Crippen molar-refractivity contribution in [3.05, 3.63) is 58.5 Å². The largest absolute Gasteiger partial charge is 0.489 e. The van der Waals surface area contributed by atoms with Crippen LogP contribution in [-0.4, -0.2) is 77.8 Å². The van der Waals surface area contributed by atoms with Gasteiger partial charge in [-0.1, -0.05) is 45.4 Å². The second-order valence-electron chi connectivity index (χ2n) is 12.9. The summed E-state index contributed by atoms with van der Waals surface area (Å²) in [4.78, 5) is 36.8. The number of aliphatic carboxylic acids is 1. The Hall–Kier alpha value is -3.19. The summed E-state index contributed by atoms with van der Waals surface area (Å²) in [6, 6.07) is 9.43. The van der Waals surface area contributed by atoms with E-state index in [1.165, 1.54) is 0 Å². The van der Waals surface area contributed by atoms with Crippen molar-refractivity contribution in [2.45, 2.75) is 65.2 Å². The highest BCUT2D eigenvalue weighted by Gasteiger charge is 2.63. The van der Waals surface area contributed by atoms with E-state index in [1.54, 1.807) is 24.4 Å². The van der Waals surface area contributed by atoms with Gasteiger partial charge in [0.05, 0.1) is 17.7 Å². The number of benzene rings is 1. The molecule has 1 saturated heterocycles. The fraction of sp³-hybridized carbons (Fsp3) is 0.562. The Morgan fingerprint density at radius 2 is 1.79 bits per heavy atom. The van der Waals surface area contributed by atoms with E-state index in [9.17, 15) is 9.59 Å². The van der Waals surface area contributed by atoms with Crippen LogP contribution in [0, 0.1) is 23.3 Å². The van der Waals surface area contributed by atoms with Crippen LogP contribution in [0.3, 0.4) is 0 Å². The molecular formula is C32H39ClN4O5. The number of hydrogen-bond acceptors (Lipinski definition) is 7. The van der Waals surface area contributed by atoms with Crippen LogP contribution in [0.5, 0.6) is 5.75 Å². The Kier molecular flexibility index (Phi) is 8.53. The molecule has 3 fully saturated rings. The third-order valence-electron chi connectivity index (χ3n) is 9.57. The van der Waals surface area contributed by atoms with E-state index in [2.05, 4.69) is 47.3 Å². The van der Waals surface area contributed by atoms with E-state index in [0.717, 1.165) is 44.8 Å². The zero-order valence-electron chi connectivity index (χ0n) is 24.7. The number of carboxylic acids is 1. The summed E-state index contributed by atoms with van der Waals surface area (Å²) in [5, 5.41) is 9.14. The first-order valence-corrected chi connectivity index (χ1v) is 14.9. The van der Waals surface area contributed by atoms with Crippen molar-refractivity contribution in [3.8, 4) is 5.75 Å². The fourth-order valence-corrected chi connectivity index (χ4v) is 7.54. The topological polar surface area (TPSA) is 96.6 Å². The van der Waals surface area contributed by atoms with E-state index in [0.29, 0.717) is 34.5 Å². The molecule has 1 aromatic carbocycles. The lowest BCUT2D eigenvalue weighted by molar-refractivity contribution is -0.196. The highest BCUT2D eigenvalue weighted by atomic mass is 35.5. The molecule has 42 heavy (non-hydrogen) atoms. The lowest BCUT2D eigenvalue weighted by atomic mass is 9.44. The van der Waals surface area contributed by atoms with E-state index in [-0.39, 0.29) is 41.3 Å². The van der Waals surface area contributed by atoms with Crippen LogP contribution < -0.4 is 9.64 Å². The summed E-state index contributed by atoms with van der Waals surface area (Å²) in [7, 11) is 0. The Bertz CT molecular complexity index is 1340. The minimum absolute atomic E-state index is 0.0490. The molecule has 2 saturated carbocycles. The van der Waals surface area contributed by atoms with Crippen molar-refractivity contribution in [1.82, 2.24) is 9.88 Å². The van der Waals surface area contributed by atoms with Gasteiger partial charge in [0.1, 0.15) is 24.3 Å². The van der Waals surface area contributed by atoms with Gasteiger partial charge in [-0.3, -0.25) is 9.69 Å². The SMILES string of the molecule is [C-]#[N+]c1ccc(OC2C(C)(C)C(CC(=O)c3ccc(N4CCN(C5CC(OCC(=O)O)C5)CC4)nc3)C2(C)C)cc1Cl. The van der Waals surface area contributed by atoms with Gasteiger partial charge in [0.2, 0.25) is 5.69 Å². The zero-order chi connectivity index (χ0) is 30.2. The monoisotopic (exact) mass is 594 g/mol. The van der Waals surface area contributed by atoms with Crippen molar-refractivity contribution in [2.24, 2.45) is 16.7 Å². The number of anilines is 1. The quantitative estimate of drug-likeness (QED) is 0.275. The van der Waals surface area contributed by atoms with Gasteiger partial charge in [0.25, 0.3) is 0 Å². The van der Waals surface area contributed by atoms with Crippen molar-refractivity contribution >= 4 is 34.9 Å². The smallest absolute Gasteiger partial charge is 0.329 e. The third-order valence-corrected chi connectivity index (χ3v) is 9.87. The summed E-state index contributed by atoms with van der Waals surface area (Å²) in [5.41, 5.74) is 0.548. The van der Waals surface area contributed by atoms with Gasteiger partial charge in [-0.2, -0.15) is 0 Å². The molecule has 1 aliphatic heterocycles. The number of carbonyl (C=O) groups excluding carboxylic acids is 1. The fourth-order valence-electron chi connectivity index (χ4n) is 7.32. The summed E-state index contributed by atoms with van der Waals surface area (Å²) >= 11 is 6.22. The van der Waals surface area contributed by atoms with Crippen LogP contribution in [0.2, 0.25) is 5.02 Å². The van der Waals surface area contributed by atoms with Gasteiger partial charge in [-0.25, -0.2) is 14.6 Å². The van der Waals surface area contributed by atoms with Gasteiger partial charge in [-0.15, -0.1) is 0 Å². The molecule has 2 heterocycles. The summed E-state index contributed by atoms with van der Waals surface area (Å²) in [5.74, 6) is 0.786. The molecule has 3 aliphatic rings. The predicted molar refractivity (Wildman–Crippen MR) is 161 cm³/mol. The predicted octanol–water partition coefficient (Wildman–Crippen LogP) is 5.74. The van der Waals surface area contributed by atoms with E-state index >= 15 is 0 Å². The van der Waals surface area contributed by atoms with Gasteiger partial charge in [0.15, 0.2) is 5.78 Å². The third kappa shape index (κ3) is 5.98. The lowest BCUT2D eigenvalue weighted by Crippen LogP contribution is -2.66. The molecule has 2 aliphatic carbocycles. The number of rotatable bonds is 10. The maximum absolute atomic E-state index is 13.4. The highest BCUT2D eigenvalue weighted by Crippen LogP contribution is 2.61. The average molecular weight is 595 g/mol. The van der Waals surface area contributed by atoms with Crippen LogP contribution in [0.4, 0.5) is 11.5 Å². The van der Waals surface area contributed by atoms with Crippen LogP contribution in [0.15, 0.2) is 36.5 Å².